The number of carbonyl (C=O) groups excluding carboxylic acids is 5. The van der Waals surface area contributed by atoms with Crippen molar-refractivity contribution in [3.05, 3.63) is 126 Å². The van der Waals surface area contributed by atoms with Crippen LogP contribution in [0.2, 0.25) is 0 Å². The van der Waals surface area contributed by atoms with Crippen LogP contribution in [-0.2, 0) is 37.2 Å². The highest BCUT2D eigenvalue weighted by molar-refractivity contribution is 7.78. The fourth-order valence-corrected chi connectivity index (χ4v) is 7.77. The van der Waals surface area contributed by atoms with Gasteiger partial charge in [0.15, 0.2) is 23.0 Å². The maximum atomic E-state index is 13.2. The number of thiocarbonyl (C=S) groups is 1. The number of hydrogen-bond acceptors (Lipinski definition) is 16. The summed E-state index contributed by atoms with van der Waals surface area (Å²) in [6.45, 7) is 2.19. The predicted octanol–water partition coefficient (Wildman–Crippen LogP) is -0.756. The van der Waals surface area contributed by atoms with Gasteiger partial charge in [-0.25, -0.2) is 0 Å². The van der Waals surface area contributed by atoms with Gasteiger partial charge < -0.3 is 50.3 Å². The molecule has 1 aliphatic rings. The number of hydrogen-bond donors (Lipinski definition) is 7. The molecule has 7 N–H and O–H groups in total. The van der Waals surface area contributed by atoms with Crippen molar-refractivity contribution in [2.24, 2.45) is 32.1 Å². The molecule has 1 aromatic carbocycles. The van der Waals surface area contributed by atoms with Crippen molar-refractivity contribution in [3.63, 3.8) is 0 Å². The molecule has 3 aromatic heterocycles. The quantitative estimate of drug-likeness (QED) is 0.0274. The molecule has 372 valence electrons. The molecule has 0 saturated heterocycles. The number of aromatic nitrogens is 3. The number of isothiocyanates is 1. The number of rotatable bonds is 23. The molecule has 1 unspecified atom stereocenters. The predicted molar refractivity (Wildman–Crippen MR) is 262 cm³/mol. The van der Waals surface area contributed by atoms with Crippen LogP contribution in [0.1, 0.15) is 36.6 Å². The molecule has 0 saturated carbocycles. The van der Waals surface area contributed by atoms with E-state index in [1.54, 1.807) is 30.2 Å². The molecule has 0 aliphatic carbocycles. The number of amides is 4. The Morgan fingerprint density at radius 1 is 0.629 bits per heavy atom. The van der Waals surface area contributed by atoms with Gasteiger partial charge in [-0.2, -0.15) is 4.99 Å². The zero-order valence-electron chi connectivity index (χ0n) is 39.3. The van der Waals surface area contributed by atoms with Crippen molar-refractivity contribution in [1.82, 2.24) is 49.7 Å². The van der Waals surface area contributed by atoms with Crippen LogP contribution >= 0.6 is 12.2 Å². The molecule has 70 heavy (non-hydrogen) atoms. The third-order valence-electron chi connectivity index (χ3n) is 11.6. The fourth-order valence-electron chi connectivity index (χ4n) is 7.66. The van der Waals surface area contributed by atoms with Gasteiger partial charge in [-0.3, -0.25) is 53.1 Å². The number of benzene rings is 1. The largest absolute Gasteiger partial charge is 0.502 e. The fraction of sp³-hybridized carbons (Fsp3) is 0.383. The Labute approximate surface area is 407 Å². The van der Waals surface area contributed by atoms with Crippen molar-refractivity contribution in [2.45, 2.75) is 6.42 Å². The van der Waals surface area contributed by atoms with E-state index in [4.69, 9.17) is 12.2 Å². The lowest BCUT2D eigenvalue weighted by atomic mass is 9.97. The Balaban J connectivity index is 1.41. The van der Waals surface area contributed by atoms with E-state index >= 15 is 0 Å². The van der Waals surface area contributed by atoms with E-state index in [2.05, 4.69) is 31.4 Å². The van der Waals surface area contributed by atoms with Gasteiger partial charge in [0, 0.05) is 112 Å². The summed E-state index contributed by atoms with van der Waals surface area (Å²) in [5.74, 6) is -5.30. The number of nitrogens with zero attached hydrogens (tertiary/aromatic N) is 7. The summed E-state index contributed by atoms with van der Waals surface area (Å²) < 4.78 is 3.39. The number of aromatic hydroxyl groups is 3. The van der Waals surface area contributed by atoms with Crippen molar-refractivity contribution in [2.75, 3.05) is 85.6 Å². The molecule has 1 atom stereocenters. The van der Waals surface area contributed by atoms with Crippen LogP contribution in [-0.4, -0.2) is 164 Å². The van der Waals surface area contributed by atoms with E-state index in [1.165, 1.54) is 57.9 Å². The van der Waals surface area contributed by atoms with Gasteiger partial charge in [0.2, 0.25) is 0 Å². The third-order valence-corrected chi connectivity index (χ3v) is 11.6. The van der Waals surface area contributed by atoms with Crippen molar-refractivity contribution in [1.29, 1.82) is 0 Å². The summed E-state index contributed by atoms with van der Waals surface area (Å²) >= 11 is 4.78. The summed E-state index contributed by atoms with van der Waals surface area (Å²) in [5, 5.41) is 44.7. The lowest BCUT2D eigenvalue weighted by molar-refractivity contribution is -0.123. The topological polar surface area (TPSA) is 282 Å². The number of Topliss-reactive ketones (excluding diaryl/α,β-unsaturated/α-hetero) is 1. The maximum absolute atomic E-state index is 13.2. The number of aliphatic imine (C=N–C) groups is 1. The average Bonchev–Trinajstić information content (AvgIpc) is 3.32. The summed E-state index contributed by atoms with van der Waals surface area (Å²) in [6.07, 6.45) is 6.09. The van der Waals surface area contributed by atoms with Gasteiger partial charge in [0.05, 0.1) is 39.7 Å². The van der Waals surface area contributed by atoms with Crippen LogP contribution in [0.15, 0.2) is 92.1 Å². The van der Waals surface area contributed by atoms with Gasteiger partial charge in [-0.05, 0) is 67.5 Å². The molecule has 0 bridgehead atoms. The Kier molecular flexibility index (Phi) is 19.2. The lowest BCUT2D eigenvalue weighted by Gasteiger charge is -2.32. The zero-order valence-corrected chi connectivity index (χ0v) is 40.1. The van der Waals surface area contributed by atoms with Crippen LogP contribution in [0.25, 0.3) is 0 Å². The highest BCUT2D eigenvalue weighted by Gasteiger charge is 2.25. The molecule has 23 heteroatoms. The van der Waals surface area contributed by atoms with E-state index in [0.29, 0.717) is 31.7 Å². The van der Waals surface area contributed by atoms with E-state index in [0.717, 1.165) is 19.3 Å². The monoisotopic (exact) mass is 983 g/mol. The molecule has 5 rings (SSSR count). The molecule has 4 heterocycles. The standard InChI is InChI=1S/C47H57N11O11S/c1-53-17-9-33(37(59)28-53)41(63)48-13-21-57(22-14-49-42(64)34-10-18-54(2)45(67)38(34)60)26-31(25-30-5-7-32(8-6-30)52-29-70)27-58(23-15-50-43(65)35-11-19-55(3)46(68)39(35)61)24-16-51-44(66)36-12-20-56(4)47(69)40(36)62/h5-12,18-20,31,60-62H,13-17,21-28H2,1-4H3,(H,48,63)(H,49,64)(H,50,65)(H,51,66). The van der Waals surface area contributed by atoms with Crippen molar-refractivity contribution in [3.8, 4) is 17.2 Å². The Morgan fingerprint density at radius 3 is 1.39 bits per heavy atom. The highest BCUT2D eigenvalue weighted by atomic mass is 32.1. The second-order valence-corrected chi connectivity index (χ2v) is 17.0. The first-order chi connectivity index (χ1) is 33.4. The zero-order chi connectivity index (χ0) is 51.1. The molecule has 0 fully saturated rings. The Morgan fingerprint density at radius 2 is 1.01 bits per heavy atom. The van der Waals surface area contributed by atoms with E-state index < -0.39 is 57.6 Å². The molecule has 4 aromatic rings. The molecular weight excluding hydrogens is 927 g/mol. The summed E-state index contributed by atoms with van der Waals surface area (Å²) in [7, 11) is 6.07. The van der Waals surface area contributed by atoms with E-state index in [1.807, 2.05) is 21.9 Å². The number of pyridine rings is 3. The van der Waals surface area contributed by atoms with Gasteiger partial charge in [-0.1, -0.05) is 18.2 Å². The van der Waals surface area contributed by atoms with Crippen LogP contribution in [0.5, 0.6) is 17.2 Å². The lowest BCUT2D eigenvalue weighted by Crippen LogP contribution is -2.46. The Hall–Kier alpha value is -7.56. The van der Waals surface area contributed by atoms with Gasteiger partial charge in [0.1, 0.15) is 0 Å². The highest BCUT2D eigenvalue weighted by Crippen LogP contribution is 2.19. The molecule has 22 nitrogen and oxygen atoms in total. The molecular formula is C47H57N11O11S. The summed E-state index contributed by atoms with van der Waals surface area (Å²) in [6, 6.07) is 11.3. The number of carbonyl (C=O) groups is 5. The minimum atomic E-state index is -0.752. The summed E-state index contributed by atoms with van der Waals surface area (Å²) in [5.41, 5.74) is -1.34. The third kappa shape index (κ3) is 14.5. The number of likely N-dealkylation sites (N-methyl/N-ethyl adjacent to an activating group) is 1. The van der Waals surface area contributed by atoms with Crippen molar-refractivity contribution >= 4 is 52.5 Å². The van der Waals surface area contributed by atoms with Crippen LogP contribution in [0, 0.1) is 5.92 Å². The molecule has 0 radical (unpaired) electrons. The number of nitrogens with one attached hydrogen (secondary N) is 4. The Bertz CT molecular complexity index is 2770. The molecule has 4 amide bonds. The van der Waals surface area contributed by atoms with Crippen LogP contribution in [0.3, 0.4) is 0 Å². The first-order valence-corrected chi connectivity index (χ1v) is 22.6. The van der Waals surface area contributed by atoms with Gasteiger partial charge in [0.25, 0.3) is 40.3 Å². The minimum absolute atomic E-state index is 0.0233. The summed E-state index contributed by atoms with van der Waals surface area (Å²) in [4.78, 5) is 112. The molecule has 0 spiro atoms. The first-order valence-electron chi connectivity index (χ1n) is 22.2. The van der Waals surface area contributed by atoms with Crippen LogP contribution < -0.4 is 37.9 Å². The van der Waals surface area contributed by atoms with Gasteiger partial charge >= 0.3 is 0 Å². The van der Waals surface area contributed by atoms with E-state index in [-0.39, 0.29) is 92.9 Å². The van der Waals surface area contributed by atoms with Gasteiger partial charge in [-0.15, -0.1) is 0 Å². The normalized spacial score (nSPS) is 13.1. The average molecular weight is 984 g/mol. The SMILES string of the molecule is CN1CC=C(C(=O)NCCN(CCNC(=O)c2ccn(C)c(=O)c2O)CC(Cc2ccc(N=C=S)cc2)CN(CCNC(=O)c2ccn(C)c(=O)c2O)CCNC(=O)c2ccn(C)c(=O)c2O)C(=O)C1. The number of aryl methyl sites for hydroxylation is 3. The maximum Gasteiger partial charge on any atom is 0.293 e. The minimum Gasteiger partial charge on any atom is -0.502 e. The van der Waals surface area contributed by atoms with Crippen molar-refractivity contribution < 1.29 is 39.3 Å². The molecule has 1 aliphatic heterocycles. The van der Waals surface area contributed by atoms with E-state index in [9.17, 15) is 53.7 Å². The number of ketones is 1. The smallest absolute Gasteiger partial charge is 0.293 e. The first kappa shape index (κ1) is 53.4. The second kappa shape index (κ2) is 25.2. The second-order valence-electron chi connectivity index (χ2n) is 16.8. The van der Waals surface area contributed by atoms with Crippen LogP contribution in [0.4, 0.5) is 5.69 Å².